The number of carbonyl (C=O) groups excluding carboxylic acids is 2. The maximum Gasteiger partial charge on any atom is 0.240 e. The maximum absolute atomic E-state index is 12.5. The van der Waals surface area contributed by atoms with Gasteiger partial charge in [0, 0.05) is 18.0 Å². The number of hydrogen-bond donors (Lipinski definition) is 2. The third kappa shape index (κ3) is 10.1. The molecule has 1 aliphatic carbocycles. The van der Waals surface area contributed by atoms with Gasteiger partial charge in [0.1, 0.15) is 0 Å². The zero-order chi connectivity index (χ0) is 22.3. The van der Waals surface area contributed by atoms with Crippen LogP contribution < -0.4 is 10.7 Å². The van der Waals surface area contributed by atoms with Gasteiger partial charge >= 0.3 is 0 Å². The van der Waals surface area contributed by atoms with Crippen LogP contribution in [0.15, 0.2) is 29.4 Å². The van der Waals surface area contributed by atoms with Crippen molar-refractivity contribution in [2.75, 3.05) is 5.32 Å². The van der Waals surface area contributed by atoms with Crippen molar-refractivity contribution < 1.29 is 9.59 Å². The monoisotopic (exact) mass is 427 g/mol. The Morgan fingerprint density at radius 1 is 0.968 bits per heavy atom. The number of hydrogen-bond acceptors (Lipinski definition) is 3. The van der Waals surface area contributed by atoms with Gasteiger partial charge < -0.3 is 5.32 Å². The molecule has 0 saturated heterocycles. The van der Waals surface area contributed by atoms with Crippen LogP contribution in [0.4, 0.5) is 5.69 Å². The van der Waals surface area contributed by atoms with Crippen molar-refractivity contribution in [2.24, 2.45) is 11.0 Å². The average Bonchev–Trinajstić information content (AvgIpc) is 2.80. The topological polar surface area (TPSA) is 70.6 Å². The molecule has 1 fully saturated rings. The highest BCUT2D eigenvalue weighted by Crippen LogP contribution is 2.25. The van der Waals surface area contributed by atoms with Crippen molar-refractivity contribution >= 4 is 23.2 Å². The maximum atomic E-state index is 12.5. The molecule has 1 aliphatic rings. The van der Waals surface area contributed by atoms with Crippen molar-refractivity contribution in [3.8, 4) is 0 Å². The van der Waals surface area contributed by atoms with Crippen molar-refractivity contribution in [3.05, 3.63) is 29.8 Å². The van der Waals surface area contributed by atoms with Crippen LogP contribution in [-0.4, -0.2) is 17.5 Å². The van der Waals surface area contributed by atoms with Gasteiger partial charge in [0.25, 0.3) is 0 Å². The Morgan fingerprint density at radius 3 is 2.35 bits per heavy atom. The second kappa shape index (κ2) is 14.8. The largest absolute Gasteiger partial charge is 0.326 e. The molecule has 172 valence electrons. The molecule has 1 saturated carbocycles. The first-order valence-corrected chi connectivity index (χ1v) is 12.3. The third-order valence-corrected chi connectivity index (χ3v) is 6.13. The summed E-state index contributed by atoms with van der Waals surface area (Å²) in [6, 6.07) is 7.68. The summed E-state index contributed by atoms with van der Waals surface area (Å²) >= 11 is 0. The van der Waals surface area contributed by atoms with Crippen LogP contribution in [-0.2, 0) is 9.59 Å². The van der Waals surface area contributed by atoms with Crippen LogP contribution in [0.5, 0.6) is 0 Å². The quantitative estimate of drug-likeness (QED) is 0.212. The fourth-order valence-corrected chi connectivity index (χ4v) is 4.12. The Morgan fingerprint density at radius 2 is 1.65 bits per heavy atom. The number of unbranched alkanes of at least 4 members (excludes halogenated alkanes) is 7. The van der Waals surface area contributed by atoms with E-state index in [9.17, 15) is 9.59 Å². The standard InChI is InChI=1S/C26H41N3O2/c1-3-4-5-6-7-8-9-13-19-25(30)29-28-21(2)23-17-14-18-24(20-23)27-26(31)22-15-11-10-12-16-22/h14,17-18,20,22H,3-13,15-16,19H2,1-2H3,(H,27,31)(H,29,30). The molecule has 0 unspecified atom stereocenters. The van der Waals surface area contributed by atoms with Gasteiger partial charge in [0.2, 0.25) is 11.8 Å². The minimum absolute atomic E-state index is 0.0351. The Labute approximate surface area is 188 Å². The van der Waals surface area contributed by atoms with Crippen molar-refractivity contribution in [3.63, 3.8) is 0 Å². The summed E-state index contributed by atoms with van der Waals surface area (Å²) in [5, 5.41) is 7.30. The molecular weight excluding hydrogens is 386 g/mol. The Bertz CT molecular complexity index is 708. The van der Waals surface area contributed by atoms with E-state index >= 15 is 0 Å². The Kier molecular flexibility index (Phi) is 12.0. The highest BCUT2D eigenvalue weighted by Gasteiger charge is 2.21. The molecule has 0 aliphatic heterocycles. The summed E-state index contributed by atoms with van der Waals surface area (Å²) in [5.74, 6) is 0.208. The van der Waals surface area contributed by atoms with E-state index in [0.717, 1.165) is 55.5 Å². The fourth-order valence-electron chi connectivity index (χ4n) is 4.12. The van der Waals surface area contributed by atoms with Gasteiger partial charge in [-0.3, -0.25) is 9.59 Å². The summed E-state index contributed by atoms with van der Waals surface area (Å²) < 4.78 is 0. The van der Waals surface area contributed by atoms with Gasteiger partial charge in [0.15, 0.2) is 0 Å². The Hall–Kier alpha value is -2.17. The molecule has 0 aromatic heterocycles. The van der Waals surface area contributed by atoms with Crippen LogP contribution >= 0.6 is 0 Å². The first-order chi connectivity index (χ1) is 15.1. The average molecular weight is 428 g/mol. The van der Waals surface area contributed by atoms with Crippen LogP contribution in [0.25, 0.3) is 0 Å². The molecule has 0 heterocycles. The number of benzene rings is 1. The minimum atomic E-state index is -0.0351. The van der Waals surface area contributed by atoms with E-state index in [4.69, 9.17) is 0 Å². The number of nitrogens with one attached hydrogen (secondary N) is 2. The number of rotatable bonds is 13. The first-order valence-electron chi connectivity index (χ1n) is 12.3. The zero-order valence-corrected chi connectivity index (χ0v) is 19.5. The van der Waals surface area contributed by atoms with Gasteiger partial charge in [-0.15, -0.1) is 0 Å². The van der Waals surface area contributed by atoms with Gasteiger partial charge in [0.05, 0.1) is 5.71 Å². The van der Waals surface area contributed by atoms with E-state index in [1.165, 1.54) is 44.9 Å². The van der Waals surface area contributed by atoms with E-state index in [0.29, 0.717) is 6.42 Å². The molecule has 2 amide bonds. The lowest BCUT2D eigenvalue weighted by molar-refractivity contribution is -0.121. The van der Waals surface area contributed by atoms with E-state index in [1.54, 1.807) is 0 Å². The fraction of sp³-hybridized carbons (Fsp3) is 0.654. The van der Waals surface area contributed by atoms with Gasteiger partial charge in [-0.2, -0.15) is 5.10 Å². The van der Waals surface area contributed by atoms with Crippen LogP contribution in [0, 0.1) is 5.92 Å². The molecule has 2 rings (SSSR count). The molecule has 0 bridgehead atoms. The normalized spacial score (nSPS) is 15.0. The number of carbonyl (C=O) groups is 2. The van der Waals surface area contributed by atoms with E-state index in [-0.39, 0.29) is 17.7 Å². The summed E-state index contributed by atoms with van der Waals surface area (Å²) in [6.07, 6.45) is 15.7. The molecule has 5 heteroatoms. The second-order valence-corrected chi connectivity index (χ2v) is 8.86. The van der Waals surface area contributed by atoms with Crippen LogP contribution in [0.3, 0.4) is 0 Å². The molecule has 5 nitrogen and oxygen atoms in total. The summed E-state index contributed by atoms with van der Waals surface area (Å²) in [7, 11) is 0. The van der Waals surface area contributed by atoms with Gasteiger partial charge in [-0.25, -0.2) is 5.43 Å². The SMILES string of the molecule is CCCCCCCCCCC(=O)NN=C(C)c1cccc(NC(=O)C2CCCCC2)c1. The lowest BCUT2D eigenvalue weighted by Crippen LogP contribution is -2.24. The second-order valence-electron chi connectivity index (χ2n) is 8.86. The number of anilines is 1. The lowest BCUT2D eigenvalue weighted by Gasteiger charge is -2.20. The minimum Gasteiger partial charge on any atom is -0.326 e. The molecule has 0 radical (unpaired) electrons. The van der Waals surface area contributed by atoms with E-state index in [2.05, 4.69) is 22.8 Å². The van der Waals surface area contributed by atoms with Gasteiger partial charge in [-0.1, -0.05) is 83.3 Å². The molecular formula is C26H41N3O2. The smallest absolute Gasteiger partial charge is 0.240 e. The number of nitrogens with zero attached hydrogens (tertiary/aromatic N) is 1. The van der Waals surface area contributed by atoms with Gasteiger partial charge in [-0.05, 0) is 43.9 Å². The molecule has 31 heavy (non-hydrogen) atoms. The van der Waals surface area contributed by atoms with Crippen LogP contribution in [0.2, 0.25) is 0 Å². The first kappa shape index (κ1) is 25.1. The lowest BCUT2D eigenvalue weighted by atomic mass is 9.88. The molecule has 1 aromatic carbocycles. The Balaban J connectivity index is 1.71. The summed E-state index contributed by atoms with van der Waals surface area (Å²) in [5.41, 5.74) is 5.09. The highest BCUT2D eigenvalue weighted by atomic mass is 16.2. The van der Waals surface area contributed by atoms with E-state index in [1.807, 2.05) is 31.2 Å². The predicted octanol–water partition coefficient (Wildman–Crippen LogP) is 6.58. The van der Waals surface area contributed by atoms with Crippen molar-refractivity contribution in [1.29, 1.82) is 0 Å². The van der Waals surface area contributed by atoms with E-state index < -0.39 is 0 Å². The number of hydrazone groups is 1. The summed E-state index contributed by atoms with van der Waals surface area (Å²) in [4.78, 5) is 24.5. The molecule has 0 atom stereocenters. The van der Waals surface area contributed by atoms with Crippen molar-refractivity contribution in [1.82, 2.24) is 5.43 Å². The van der Waals surface area contributed by atoms with Crippen LogP contribution in [0.1, 0.15) is 109 Å². The molecule has 1 aromatic rings. The summed E-state index contributed by atoms with van der Waals surface area (Å²) in [6.45, 7) is 4.11. The third-order valence-electron chi connectivity index (χ3n) is 6.13. The van der Waals surface area contributed by atoms with Crippen molar-refractivity contribution in [2.45, 2.75) is 104 Å². The number of amides is 2. The molecule has 2 N–H and O–H groups in total. The highest BCUT2D eigenvalue weighted by molar-refractivity contribution is 6.01. The molecule has 0 spiro atoms. The zero-order valence-electron chi connectivity index (χ0n) is 19.5. The predicted molar refractivity (Wildman–Crippen MR) is 129 cm³/mol.